The molecule has 156 valence electrons. The second-order valence-corrected chi connectivity index (χ2v) is 6.23. The Hall–Kier alpha value is -3.72. The number of esters is 1. The number of anilines is 3. The summed E-state index contributed by atoms with van der Waals surface area (Å²) in [6, 6.07) is 10.4. The molecule has 1 aromatic carbocycles. The van der Waals surface area contributed by atoms with Gasteiger partial charge in [0.1, 0.15) is 11.6 Å². The first-order chi connectivity index (χ1) is 14.6. The van der Waals surface area contributed by atoms with Crippen molar-refractivity contribution in [3.8, 4) is 17.0 Å². The average molecular weight is 409 g/mol. The molecular formula is C21H23N5O4. The Bertz CT molecular complexity index is 998. The number of aliphatic hydroxyl groups excluding tert-OH is 1. The standard InChI is InChI=1S/C21H23N5O4/c1-29-18-5-4-15(20(28)30-2)12-17(18)24-19-13-16(14-6-9-22-10-7-14)25-21(26-19)23-8-3-11-27/h4-7,9-10,12-13,27H,3,8,11H2,1-2H3,(H2,23,24,25,26). The first kappa shape index (κ1) is 21.0. The van der Waals surface area contributed by atoms with Crippen molar-refractivity contribution in [3.05, 3.63) is 54.4 Å². The van der Waals surface area contributed by atoms with E-state index in [-0.39, 0.29) is 6.61 Å². The minimum atomic E-state index is -0.452. The third-order valence-corrected chi connectivity index (χ3v) is 4.20. The van der Waals surface area contributed by atoms with E-state index in [0.29, 0.717) is 47.4 Å². The highest BCUT2D eigenvalue weighted by Crippen LogP contribution is 2.30. The van der Waals surface area contributed by atoms with Crippen molar-refractivity contribution in [2.45, 2.75) is 6.42 Å². The number of ether oxygens (including phenoxy) is 2. The van der Waals surface area contributed by atoms with Gasteiger partial charge in [0.25, 0.3) is 0 Å². The molecule has 9 heteroatoms. The molecule has 9 nitrogen and oxygen atoms in total. The molecule has 3 aromatic rings. The minimum absolute atomic E-state index is 0.0691. The van der Waals surface area contributed by atoms with E-state index >= 15 is 0 Å². The number of benzene rings is 1. The van der Waals surface area contributed by atoms with Crippen molar-refractivity contribution in [3.63, 3.8) is 0 Å². The van der Waals surface area contributed by atoms with Crippen molar-refractivity contribution in [2.24, 2.45) is 0 Å². The van der Waals surface area contributed by atoms with Gasteiger partial charge in [-0.3, -0.25) is 4.98 Å². The van der Waals surface area contributed by atoms with Gasteiger partial charge in [-0.2, -0.15) is 4.98 Å². The number of methoxy groups -OCH3 is 2. The molecular weight excluding hydrogens is 386 g/mol. The van der Waals surface area contributed by atoms with Crippen molar-refractivity contribution >= 4 is 23.4 Å². The maximum Gasteiger partial charge on any atom is 0.337 e. The van der Waals surface area contributed by atoms with E-state index < -0.39 is 5.97 Å². The molecule has 0 aliphatic rings. The van der Waals surface area contributed by atoms with Crippen molar-refractivity contribution in [2.75, 3.05) is 38.0 Å². The first-order valence-corrected chi connectivity index (χ1v) is 9.32. The zero-order valence-corrected chi connectivity index (χ0v) is 16.8. The van der Waals surface area contributed by atoms with Gasteiger partial charge >= 0.3 is 5.97 Å². The van der Waals surface area contributed by atoms with Crippen LogP contribution in [0.2, 0.25) is 0 Å². The number of nitrogens with one attached hydrogen (secondary N) is 2. The number of carbonyl (C=O) groups excluding carboxylic acids is 1. The molecule has 0 radical (unpaired) electrons. The predicted octanol–water partition coefficient (Wildman–Crippen LogP) is 2.87. The van der Waals surface area contributed by atoms with Crippen LogP contribution >= 0.6 is 0 Å². The van der Waals surface area contributed by atoms with Crippen LogP contribution in [0.25, 0.3) is 11.3 Å². The molecule has 0 fully saturated rings. The molecule has 2 heterocycles. The summed E-state index contributed by atoms with van der Waals surface area (Å²) >= 11 is 0. The zero-order chi connectivity index (χ0) is 21.3. The lowest BCUT2D eigenvalue weighted by Gasteiger charge is -2.14. The Morgan fingerprint density at radius 1 is 1.10 bits per heavy atom. The average Bonchev–Trinajstić information content (AvgIpc) is 2.79. The van der Waals surface area contributed by atoms with Crippen LogP contribution in [-0.2, 0) is 4.74 Å². The van der Waals surface area contributed by atoms with E-state index in [1.807, 2.05) is 12.1 Å². The number of aliphatic hydroxyl groups is 1. The van der Waals surface area contributed by atoms with Gasteiger partial charge in [-0.15, -0.1) is 0 Å². The monoisotopic (exact) mass is 409 g/mol. The van der Waals surface area contributed by atoms with Gasteiger partial charge in [0.15, 0.2) is 0 Å². The number of pyridine rings is 1. The van der Waals surface area contributed by atoms with E-state index in [1.165, 1.54) is 7.11 Å². The van der Waals surface area contributed by atoms with Crippen LogP contribution in [0.3, 0.4) is 0 Å². The highest BCUT2D eigenvalue weighted by atomic mass is 16.5. The van der Waals surface area contributed by atoms with Crippen LogP contribution in [0.5, 0.6) is 5.75 Å². The van der Waals surface area contributed by atoms with Gasteiger partial charge in [-0.25, -0.2) is 9.78 Å². The molecule has 0 unspecified atom stereocenters. The summed E-state index contributed by atoms with van der Waals surface area (Å²) in [5, 5.41) is 15.3. The van der Waals surface area contributed by atoms with Crippen LogP contribution in [0.1, 0.15) is 16.8 Å². The fourth-order valence-corrected chi connectivity index (χ4v) is 2.73. The zero-order valence-electron chi connectivity index (χ0n) is 16.8. The second kappa shape index (κ2) is 10.2. The highest BCUT2D eigenvalue weighted by Gasteiger charge is 2.13. The summed E-state index contributed by atoms with van der Waals surface area (Å²) < 4.78 is 10.2. The molecule has 30 heavy (non-hydrogen) atoms. The molecule has 0 amide bonds. The molecule has 0 atom stereocenters. The Morgan fingerprint density at radius 3 is 2.60 bits per heavy atom. The van der Waals surface area contributed by atoms with E-state index in [9.17, 15) is 4.79 Å². The van der Waals surface area contributed by atoms with Gasteiger partial charge in [-0.1, -0.05) is 0 Å². The Kier molecular flexibility index (Phi) is 7.12. The molecule has 3 rings (SSSR count). The minimum Gasteiger partial charge on any atom is -0.495 e. The fraction of sp³-hybridized carbons (Fsp3) is 0.238. The van der Waals surface area contributed by atoms with Gasteiger partial charge in [0, 0.05) is 37.2 Å². The number of rotatable bonds is 9. The van der Waals surface area contributed by atoms with E-state index in [0.717, 1.165) is 5.56 Å². The summed E-state index contributed by atoms with van der Waals surface area (Å²) in [4.78, 5) is 25.0. The Labute approximate surface area is 174 Å². The SMILES string of the molecule is COC(=O)c1ccc(OC)c(Nc2cc(-c3ccncc3)nc(NCCCO)n2)c1. The smallest absolute Gasteiger partial charge is 0.337 e. The molecule has 0 spiro atoms. The fourth-order valence-electron chi connectivity index (χ4n) is 2.73. The largest absolute Gasteiger partial charge is 0.495 e. The summed E-state index contributed by atoms with van der Waals surface area (Å²) in [5.74, 6) is 1.00. The second-order valence-electron chi connectivity index (χ2n) is 6.23. The number of hydrogen-bond donors (Lipinski definition) is 3. The number of nitrogens with zero attached hydrogens (tertiary/aromatic N) is 3. The van der Waals surface area contributed by atoms with Crippen molar-refractivity contribution < 1.29 is 19.4 Å². The van der Waals surface area contributed by atoms with Crippen LogP contribution in [0.15, 0.2) is 48.8 Å². The van der Waals surface area contributed by atoms with Gasteiger partial charge < -0.3 is 25.2 Å². The predicted molar refractivity (Wildman–Crippen MR) is 113 cm³/mol. The van der Waals surface area contributed by atoms with E-state index in [4.69, 9.17) is 14.6 Å². The molecule has 0 saturated carbocycles. The molecule has 0 bridgehead atoms. The van der Waals surface area contributed by atoms with Crippen LogP contribution in [0, 0.1) is 0 Å². The number of aromatic nitrogens is 3. The topological polar surface area (TPSA) is 118 Å². The van der Waals surface area contributed by atoms with Gasteiger partial charge in [0.2, 0.25) is 5.95 Å². The van der Waals surface area contributed by atoms with Crippen LogP contribution in [0.4, 0.5) is 17.5 Å². The Balaban J connectivity index is 1.98. The normalized spacial score (nSPS) is 10.4. The van der Waals surface area contributed by atoms with Crippen LogP contribution in [-0.4, -0.2) is 53.4 Å². The molecule has 0 aliphatic carbocycles. The summed E-state index contributed by atoms with van der Waals surface area (Å²) in [6.45, 7) is 0.594. The molecule has 2 aromatic heterocycles. The van der Waals surface area contributed by atoms with Gasteiger partial charge in [0.05, 0.1) is 31.2 Å². The molecule has 0 aliphatic heterocycles. The number of carbonyl (C=O) groups is 1. The third-order valence-electron chi connectivity index (χ3n) is 4.20. The van der Waals surface area contributed by atoms with Crippen LogP contribution < -0.4 is 15.4 Å². The Morgan fingerprint density at radius 2 is 1.90 bits per heavy atom. The summed E-state index contributed by atoms with van der Waals surface area (Å²) in [5.41, 5.74) is 2.49. The maximum atomic E-state index is 11.9. The van der Waals surface area contributed by atoms with Gasteiger partial charge in [-0.05, 0) is 36.8 Å². The lowest BCUT2D eigenvalue weighted by molar-refractivity contribution is 0.0600. The summed E-state index contributed by atoms with van der Waals surface area (Å²) in [6.07, 6.45) is 3.94. The summed E-state index contributed by atoms with van der Waals surface area (Å²) in [7, 11) is 2.87. The first-order valence-electron chi connectivity index (χ1n) is 9.32. The maximum absolute atomic E-state index is 11.9. The lowest BCUT2D eigenvalue weighted by Crippen LogP contribution is -2.09. The third kappa shape index (κ3) is 5.21. The van der Waals surface area contributed by atoms with E-state index in [1.54, 1.807) is 43.8 Å². The highest BCUT2D eigenvalue weighted by molar-refractivity contribution is 5.91. The van der Waals surface area contributed by atoms with Crippen molar-refractivity contribution in [1.82, 2.24) is 15.0 Å². The lowest BCUT2D eigenvalue weighted by atomic mass is 10.1. The quantitative estimate of drug-likeness (QED) is 0.362. The molecule has 0 saturated heterocycles. The number of hydrogen-bond acceptors (Lipinski definition) is 9. The van der Waals surface area contributed by atoms with Crippen molar-refractivity contribution in [1.29, 1.82) is 0 Å². The van der Waals surface area contributed by atoms with E-state index in [2.05, 4.69) is 25.6 Å². The molecule has 3 N–H and O–H groups in total.